The Bertz CT molecular complexity index is 1250. The van der Waals surface area contributed by atoms with Gasteiger partial charge in [0, 0.05) is 37.3 Å². The Kier molecular flexibility index (Phi) is 5.88. The number of hydrogen-bond donors (Lipinski definition) is 5. The quantitative estimate of drug-likeness (QED) is 0.273. The molecular formula is C26H28N8. The lowest BCUT2D eigenvalue weighted by Crippen LogP contribution is -2.34. The van der Waals surface area contributed by atoms with Gasteiger partial charge in [-0.3, -0.25) is 5.43 Å². The number of hydrogen-bond acceptors (Lipinski definition) is 8. The van der Waals surface area contributed by atoms with E-state index in [1.807, 2.05) is 72.1 Å². The monoisotopic (exact) mass is 452 g/mol. The molecule has 0 fully saturated rings. The highest BCUT2D eigenvalue weighted by Crippen LogP contribution is 2.49. The van der Waals surface area contributed by atoms with Gasteiger partial charge >= 0.3 is 0 Å². The normalized spacial score (nSPS) is 16.4. The fourth-order valence-corrected chi connectivity index (χ4v) is 4.40. The molecule has 0 radical (unpaired) electrons. The van der Waals surface area contributed by atoms with Crippen molar-refractivity contribution in [3.63, 3.8) is 0 Å². The molecule has 0 spiro atoms. The number of fused-ring (bicyclic) bond motifs is 3. The lowest BCUT2D eigenvalue weighted by atomic mass is 10.0. The van der Waals surface area contributed by atoms with Crippen LogP contribution < -0.4 is 31.7 Å². The summed E-state index contributed by atoms with van der Waals surface area (Å²) in [5, 5.41) is 17.1. The second kappa shape index (κ2) is 9.29. The fourth-order valence-electron chi connectivity index (χ4n) is 4.40. The standard InChI is InChI=1S/C26H28N8/c1-18-7-5-6-10-21(18)26-32-23-17-30-25-22(11-13-31-34(25)19-8-3-2-4-9-19)24(23)33(26)20(15-28)16-29-14-12-27/h2-11,13,15-17,26,28-29,31-32H,12,14,27H2,1H3/b20-16+,28-15?. The number of hydrazine groups is 1. The molecule has 3 aromatic rings. The maximum atomic E-state index is 8.23. The van der Waals surface area contributed by atoms with Crippen molar-refractivity contribution >= 4 is 35.2 Å². The van der Waals surface area contributed by atoms with Gasteiger partial charge in [0.15, 0.2) is 5.82 Å². The van der Waals surface area contributed by atoms with E-state index in [0.717, 1.165) is 39.7 Å². The highest BCUT2D eigenvalue weighted by Gasteiger charge is 2.37. The smallest absolute Gasteiger partial charge is 0.161 e. The van der Waals surface area contributed by atoms with Gasteiger partial charge in [-0.05, 0) is 36.3 Å². The van der Waals surface area contributed by atoms with Crippen molar-refractivity contribution in [3.05, 3.63) is 95.6 Å². The molecule has 1 aromatic heterocycles. The number of aromatic nitrogens is 1. The zero-order chi connectivity index (χ0) is 23.5. The number of rotatable bonds is 7. The van der Waals surface area contributed by atoms with Gasteiger partial charge < -0.3 is 26.7 Å². The summed E-state index contributed by atoms with van der Waals surface area (Å²) in [7, 11) is 0. The van der Waals surface area contributed by atoms with Gasteiger partial charge in [-0.2, -0.15) is 0 Å². The zero-order valence-electron chi connectivity index (χ0n) is 19.0. The van der Waals surface area contributed by atoms with E-state index in [9.17, 15) is 0 Å². The number of nitrogens with one attached hydrogen (secondary N) is 4. The van der Waals surface area contributed by atoms with Crippen LogP contribution in [-0.4, -0.2) is 24.3 Å². The molecule has 3 heterocycles. The summed E-state index contributed by atoms with van der Waals surface area (Å²) in [6.45, 7) is 3.24. The minimum absolute atomic E-state index is 0.189. The lowest BCUT2D eigenvalue weighted by molar-refractivity contribution is 0.781. The van der Waals surface area contributed by atoms with E-state index in [2.05, 4.69) is 40.0 Å². The minimum Gasteiger partial charge on any atom is -0.388 e. The van der Waals surface area contributed by atoms with Gasteiger partial charge in [0.1, 0.15) is 6.17 Å². The van der Waals surface area contributed by atoms with Crippen LogP contribution in [0.25, 0.3) is 6.08 Å². The van der Waals surface area contributed by atoms with Crippen LogP contribution in [0.5, 0.6) is 0 Å². The molecule has 8 heteroatoms. The molecule has 0 aliphatic carbocycles. The second-order valence-corrected chi connectivity index (χ2v) is 8.12. The minimum atomic E-state index is -0.189. The van der Waals surface area contributed by atoms with Crippen molar-refractivity contribution < 1.29 is 0 Å². The number of pyridine rings is 1. The predicted octanol–water partition coefficient (Wildman–Crippen LogP) is 3.99. The SMILES string of the molecule is Cc1ccccc1C1Nc2cnc3c(c2N1/C(C=N)=C/NCCN)C=CNN3c1ccccc1. The Morgan fingerprint density at radius 3 is 2.74 bits per heavy atom. The summed E-state index contributed by atoms with van der Waals surface area (Å²) in [4.78, 5) is 6.97. The van der Waals surface area contributed by atoms with E-state index < -0.39 is 0 Å². The van der Waals surface area contributed by atoms with E-state index in [-0.39, 0.29) is 6.17 Å². The molecule has 0 bridgehead atoms. The number of allylic oxidation sites excluding steroid dienone is 1. The van der Waals surface area contributed by atoms with E-state index in [0.29, 0.717) is 13.1 Å². The Hall–Kier alpha value is -4.30. The van der Waals surface area contributed by atoms with Crippen molar-refractivity contribution in [2.24, 2.45) is 5.73 Å². The highest BCUT2D eigenvalue weighted by molar-refractivity contribution is 5.96. The van der Waals surface area contributed by atoms with Crippen LogP contribution in [0.1, 0.15) is 22.9 Å². The van der Waals surface area contributed by atoms with Crippen LogP contribution in [0.2, 0.25) is 0 Å². The van der Waals surface area contributed by atoms with Gasteiger partial charge in [0.05, 0.1) is 29.0 Å². The third-order valence-electron chi connectivity index (χ3n) is 5.99. The lowest BCUT2D eigenvalue weighted by Gasteiger charge is -2.32. The molecule has 1 atom stereocenters. The van der Waals surface area contributed by atoms with Gasteiger partial charge in [-0.1, -0.05) is 42.5 Å². The van der Waals surface area contributed by atoms with Crippen LogP contribution in [0, 0.1) is 12.3 Å². The molecule has 0 amide bonds. The molecule has 1 unspecified atom stereocenters. The number of aryl methyl sites for hydroxylation is 1. The largest absolute Gasteiger partial charge is 0.388 e. The average Bonchev–Trinajstić information content (AvgIpc) is 3.27. The van der Waals surface area contributed by atoms with Gasteiger partial charge in [0.2, 0.25) is 0 Å². The number of para-hydroxylation sites is 1. The summed E-state index contributed by atoms with van der Waals surface area (Å²) in [6.07, 6.45) is 8.85. The number of nitrogens with zero attached hydrogens (tertiary/aromatic N) is 3. The van der Waals surface area contributed by atoms with Gasteiger partial charge in [-0.15, -0.1) is 0 Å². The van der Waals surface area contributed by atoms with Crippen LogP contribution in [0.15, 0.2) is 78.9 Å². The first-order valence-corrected chi connectivity index (χ1v) is 11.3. The molecule has 2 aromatic carbocycles. The number of nitrogens with two attached hydrogens (primary N) is 1. The molecule has 172 valence electrons. The Labute approximate surface area is 199 Å². The number of benzene rings is 2. The Morgan fingerprint density at radius 1 is 1.18 bits per heavy atom. The predicted molar refractivity (Wildman–Crippen MR) is 139 cm³/mol. The molecule has 0 saturated carbocycles. The molecule has 2 aliphatic heterocycles. The summed E-state index contributed by atoms with van der Waals surface area (Å²) in [5.41, 5.74) is 15.9. The van der Waals surface area contributed by atoms with Crippen LogP contribution >= 0.6 is 0 Å². The first-order chi connectivity index (χ1) is 16.7. The van der Waals surface area contributed by atoms with Crippen LogP contribution in [0.4, 0.5) is 22.9 Å². The van der Waals surface area contributed by atoms with Gasteiger partial charge in [-0.25, -0.2) is 9.99 Å². The summed E-state index contributed by atoms with van der Waals surface area (Å²) >= 11 is 0. The van der Waals surface area contributed by atoms with Crippen molar-refractivity contribution in [3.8, 4) is 0 Å². The van der Waals surface area contributed by atoms with Crippen LogP contribution in [-0.2, 0) is 0 Å². The second-order valence-electron chi connectivity index (χ2n) is 8.12. The van der Waals surface area contributed by atoms with E-state index in [1.165, 1.54) is 11.8 Å². The average molecular weight is 453 g/mol. The molecule has 8 nitrogen and oxygen atoms in total. The Balaban J connectivity index is 1.67. The number of anilines is 4. The molecule has 6 N–H and O–H groups in total. The van der Waals surface area contributed by atoms with E-state index >= 15 is 0 Å². The third-order valence-corrected chi connectivity index (χ3v) is 5.99. The molecular weight excluding hydrogens is 424 g/mol. The van der Waals surface area contributed by atoms with E-state index in [1.54, 1.807) is 0 Å². The zero-order valence-corrected chi connectivity index (χ0v) is 19.0. The Morgan fingerprint density at radius 2 is 1.97 bits per heavy atom. The third kappa shape index (κ3) is 3.74. The highest BCUT2D eigenvalue weighted by atomic mass is 15.5. The molecule has 0 saturated heterocycles. The van der Waals surface area contributed by atoms with E-state index in [4.69, 9.17) is 16.1 Å². The topological polar surface area (TPSA) is 105 Å². The maximum Gasteiger partial charge on any atom is 0.161 e. The van der Waals surface area contributed by atoms with Crippen LogP contribution in [0.3, 0.4) is 0 Å². The summed E-state index contributed by atoms with van der Waals surface area (Å²) in [5.74, 6) is 0.795. The molecule has 2 aliphatic rings. The summed E-state index contributed by atoms with van der Waals surface area (Å²) < 4.78 is 0. The molecule has 34 heavy (non-hydrogen) atoms. The molecule has 5 rings (SSSR count). The first kappa shape index (κ1) is 21.5. The van der Waals surface area contributed by atoms with Gasteiger partial charge in [0.25, 0.3) is 0 Å². The summed E-state index contributed by atoms with van der Waals surface area (Å²) in [6, 6.07) is 18.4. The first-order valence-electron chi connectivity index (χ1n) is 11.3. The van der Waals surface area contributed by atoms with Crippen molar-refractivity contribution in [1.82, 2.24) is 15.7 Å². The van der Waals surface area contributed by atoms with Crippen molar-refractivity contribution in [2.75, 3.05) is 28.3 Å². The van der Waals surface area contributed by atoms with Crippen molar-refractivity contribution in [2.45, 2.75) is 13.1 Å². The fraction of sp³-hybridized carbons (Fsp3) is 0.154. The van der Waals surface area contributed by atoms with Crippen molar-refractivity contribution in [1.29, 1.82) is 5.41 Å². The maximum absolute atomic E-state index is 8.23.